The van der Waals surface area contributed by atoms with Crippen molar-refractivity contribution in [1.29, 1.82) is 0 Å². The quantitative estimate of drug-likeness (QED) is 0.764. The molecule has 0 heterocycles. The van der Waals surface area contributed by atoms with Crippen LogP contribution in [0.15, 0.2) is 23.1 Å². The van der Waals surface area contributed by atoms with Gasteiger partial charge in [0.15, 0.2) is 5.12 Å². The van der Waals surface area contributed by atoms with E-state index in [0.29, 0.717) is 0 Å². The Kier molecular flexibility index (Phi) is 5.85. The second kappa shape index (κ2) is 6.92. The van der Waals surface area contributed by atoms with Gasteiger partial charge in [0.25, 0.3) is 0 Å². The zero-order valence-corrected chi connectivity index (χ0v) is 12.7. The van der Waals surface area contributed by atoms with E-state index in [9.17, 15) is 4.79 Å². The molecule has 1 aromatic rings. The molecule has 4 heteroatoms. The SMILES string of the molecule is CC(=O)Sc1cc(CN(C)C)cc(CN(C)C)c1. The molecule has 3 nitrogen and oxygen atoms in total. The first kappa shape index (κ1) is 15.2. The van der Waals surface area contributed by atoms with Gasteiger partial charge in [0.1, 0.15) is 0 Å². The summed E-state index contributed by atoms with van der Waals surface area (Å²) in [5.74, 6) is 0. The molecule has 0 bridgehead atoms. The molecule has 0 N–H and O–H groups in total. The summed E-state index contributed by atoms with van der Waals surface area (Å²) < 4.78 is 0. The van der Waals surface area contributed by atoms with Gasteiger partial charge in [-0.2, -0.15) is 0 Å². The molecule has 1 rings (SSSR count). The van der Waals surface area contributed by atoms with Gasteiger partial charge in [-0.25, -0.2) is 0 Å². The second-order valence-corrected chi connectivity index (χ2v) is 6.30. The zero-order chi connectivity index (χ0) is 13.7. The number of carbonyl (C=O) groups is 1. The maximum atomic E-state index is 11.2. The fourth-order valence-electron chi connectivity index (χ4n) is 1.87. The van der Waals surface area contributed by atoms with Gasteiger partial charge in [0.2, 0.25) is 0 Å². The highest BCUT2D eigenvalue weighted by Crippen LogP contribution is 2.23. The highest BCUT2D eigenvalue weighted by molar-refractivity contribution is 8.13. The first-order chi connectivity index (χ1) is 8.36. The van der Waals surface area contributed by atoms with Gasteiger partial charge in [-0.3, -0.25) is 4.79 Å². The molecule has 0 unspecified atom stereocenters. The molecule has 0 radical (unpaired) electrons. The Hall–Kier alpha value is -0.840. The molecule has 0 saturated heterocycles. The lowest BCUT2D eigenvalue weighted by Crippen LogP contribution is -2.13. The van der Waals surface area contributed by atoms with E-state index in [1.807, 2.05) is 0 Å². The predicted octanol–water partition coefficient (Wildman–Crippen LogP) is 2.45. The Balaban J connectivity index is 2.99. The van der Waals surface area contributed by atoms with Crippen molar-refractivity contribution in [3.63, 3.8) is 0 Å². The van der Waals surface area contributed by atoms with Crippen molar-refractivity contribution in [1.82, 2.24) is 9.80 Å². The highest BCUT2D eigenvalue weighted by Gasteiger charge is 2.06. The van der Waals surface area contributed by atoms with Gasteiger partial charge in [-0.05, 0) is 51.5 Å². The van der Waals surface area contributed by atoms with Gasteiger partial charge in [0, 0.05) is 24.9 Å². The van der Waals surface area contributed by atoms with Crippen molar-refractivity contribution in [2.24, 2.45) is 0 Å². The summed E-state index contributed by atoms with van der Waals surface area (Å²) in [5.41, 5.74) is 2.51. The maximum Gasteiger partial charge on any atom is 0.190 e. The molecule has 0 amide bonds. The van der Waals surface area contributed by atoms with Crippen molar-refractivity contribution >= 4 is 16.9 Å². The summed E-state index contributed by atoms with van der Waals surface area (Å²) in [6.45, 7) is 3.40. The average molecular weight is 266 g/mol. The van der Waals surface area contributed by atoms with Crippen LogP contribution in [-0.4, -0.2) is 43.1 Å². The third kappa shape index (κ3) is 5.67. The van der Waals surface area contributed by atoms with E-state index in [4.69, 9.17) is 0 Å². The Bertz CT molecular complexity index is 388. The number of benzene rings is 1. The predicted molar refractivity (Wildman–Crippen MR) is 77.8 cm³/mol. The van der Waals surface area contributed by atoms with E-state index < -0.39 is 0 Å². The van der Waals surface area contributed by atoms with E-state index in [1.165, 1.54) is 22.9 Å². The summed E-state index contributed by atoms with van der Waals surface area (Å²) in [6, 6.07) is 6.42. The fourth-order valence-corrected chi connectivity index (χ4v) is 2.62. The molecule has 0 aliphatic carbocycles. The summed E-state index contributed by atoms with van der Waals surface area (Å²) >= 11 is 1.31. The van der Waals surface area contributed by atoms with Crippen molar-refractivity contribution in [3.05, 3.63) is 29.3 Å². The molecule has 0 atom stereocenters. The first-order valence-corrected chi connectivity index (χ1v) is 6.79. The summed E-state index contributed by atoms with van der Waals surface area (Å²) in [7, 11) is 8.21. The second-order valence-electron chi connectivity index (χ2n) is 5.05. The summed E-state index contributed by atoms with van der Waals surface area (Å²) in [5, 5.41) is 0.132. The Morgan fingerprint density at radius 2 is 1.44 bits per heavy atom. The van der Waals surface area contributed by atoms with Gasteiger partial charge >= 0.3 is 0 Å². The van der Waals surface area contributed by atoms with E-state index in [1.54, 1.807) is 6.92 Å². The van der Waals surface area contributed by atoms with Crippen LogP contribution in [0.5, 0.6) is 0 Å². The van der Waals surface area contributed by atoms with Crippen LogP contribution in [0.25, 0.3) is 0 Å². The molecular formula is C14H22N2OS. The number of nitrogens with zero attached hydrogens (tertiary/aromatic N) is 2. The van der Waals surface area contributed by atoms with Crippen LogP contribution in [0.3, 0.4) is 0 Å². The van der Waals surface area contributed by atoms with E-state index in [-0.39, 0.29) is 5.12 Å². The third-order valence-corrected chi connectivity index (χ3v) is 3.04. The molecule has 0 fully saturated rings. The lowest BCUT2D eigenvalue weighted by Gasteiger charge is -2.15. The van der Waals surface area contributed by atoms with Crippen LogP contribution in [0.2, 0.25) is 0 Å². The molecule has 18 heavy (non-hydrogen) atoms. The van der Waals surface area contributed by atoms with Gasteiger partial charge < -0.3 is 9.80 Å². The maximum absolute atomic E-state index is 11.2. The molecule has 0 aromatic heterocycles. The molecule has 0 saturated carbocycles. The Morgan fingerprint density at radius 1 is 1.00 bits per heavy atom. The lowest BCUT2D eigenvalue weighted by molar-refractivity contribution is -0.109. The topological polar surface area (TPSA) is 23.6 Å². The molecule has 0 aliphatic rings. The third-order valence-electron chi connectivity index (χ3n) is 2.29. The number of hydrogen-bond donors (Lipinski definition) is 0. The minimum absolute atomic E-state index is 0.132. The van der Waals surface area contributed by atoms with Crippen LogP contribution in [0.1, 0.15) is 18.1 Å². The summed E-state index contributed by atoms with van der Waals surface area (Å²) in [6.07, 6.45) is 0. The number of carbonyl (C=O) groups excluding carboxylic acids is 1. The van der Waals surface area contributed by atoms with Crippen LogP contribution in [-0.2, 0) is 17.9 Å². The zero-order valence-electron chi connectivity index (χ0n) is 11.9. The lowest BCUT2D eigenvalue weighted by atomic mass is 10.1. The van der Waals surface area contributed by atoms with E-state index in [0.717, 1.165) is 18.0 Å². The smallest absolute Gasteiger partial charge is 0.190 e. The highest BCUT2D eigenvalue weighted by atomic mass is 32.2. The molecule has 1 aromatic carbocycles. The average Bonchev–Trinajstić information content (AvgIpc) is 2.12. The molecule has 0 aliphatic heterocycles. The van der Waals surface area contributed by atoms with E-state index >= 15 is 0 Å². The normalized spacial score (nSPS) is 11.3. The molecular weight excluding hydrogens is 244 g/mol. The Morgan fingerprint density at radius 3 is 1.78 bits per heavy atom. The van der Waals surface area contributed by atoms with Crippen molar-refractivity contribution in [3.8, 4) is 0 Å². The van der Waals surface area contributed by atoms with Crippen LogP contribution < -0.4 is 0 Å². The van der Waals surface area contributed by atoms with E-state index in [2.05, 4.69) is 56.2 Å². The standard InChI is InChI=1S/C14H22N2OS/c1-11(17)18-14-7-12(9-15(2)3)6-13(8-14)10-16(4)5/h6-8H,9-10H2,1-5H3. The number of thioether (sulfide) groups is 1. The van der Waals surface area contributed by atoms with Crippen molar-refractivity contribution in [2.45, 2.75) is 24.9 Å². The summed E-state index contributed by atoms with van der Waals surface area (Å²) in [4.78, 5) is 16.5. The molecule has 100 valence electrons. The van der Waals surface area contributed by atoms with Gasteiger partial charge in [0.05, 0.1) is 0 Å². The number of rotatable bonds is 5. The molecule has 0 spiro atoms. The van der Waals surface area contributed by atoms with Crippen molar-refractivity contribution in [2.75, 3.05) is 28.2 Å². The van der Waals surface area contributed by atoms with Crippen LogP contribution in [0.4, 0.5) is 0 Å². The Labute approximate surface area is 114 Å². The van der Waals surface area contributed by atoms with Crippen molar-refractivity contribution < 1.29 is 4.79 Å². The monoisotopic (exact) mass is 266 g/mol. The number of hydrogen-bond acceptors (Lipinski definition) is 4. The first-order valence-electron chi connectivity index (χ1n) is 5.97. The van der Waals surface area contributed by atoms with Gasteiger partial charge in [-0.1, -0.05) is 17.8 Å². The van der Waals surface area contributed by atoms with Crippen LogP contribution in [0, 0.1) is 0 Å². The van der Waals surface area contributed by atoms with Crippen LogP contribution >= 0.6 is 11.8 Å². The largest absolute Gasteiger partial charge is 0.305 e. The minimum Gasteiger partial charge on any atom is -0.305 e. The minimum atomic E-state index is 0.132. The fraction of sp³-hybridized carbons (Fsp3) is 0.500. The van der Waals surface area contributed by atoms with Gasteiger partial charge in [-0.15, -0.1) is 0 Å².